The summed E-state index contributed by atoms with van der Waals surface area (Å²) in [6.07, 6.45) is 15.6. The molecule has 0 radical (unpaired) electrons. The molecule has 0 aromatic carbocycles. The standard InChI is InChI=1S/C20H39F2N/c1-3-5-7-9-11-13-19(14-12-10-8-6-4-2)23-17-15-20(21,22)16-18-23/h19H,3-18H2,1-2H3. The number of rotatable bonds is 13. The molecule has 0 aromatic heterocycles. The molecule has 23 heavy (non-hydrogen) atoms. The van der Waals surface area contributed by atoms with Crippen LogP contribution in [0.15, 0.2) is 0 Å². The van der Waals surface area contributed by atoms with Crippen LogP contribution in [0.25, 0.3) is 0 Å². The molecule has 1 aliphatic rings. The molecule has 0 bridgehead atoms. The normalized spacial score (nSPS) is 18.7. The molecule has 1 fully saturated rings. The van der Waals surface area contributed by atoms with Gasteiger partial charge in [0.15, 0.2) is 0 Å². The molecule has 1 saturated heterocycles. The van der Waals surface area contributed by atoms with Gasteiger partial charge < -0.3 is 0 Å². The highest BCUT2D eigenvalue weighted by Crippen LogP contribution is 2.30. The van der Waals surface area contributed by atoms with E-state index in [4.69, 9.17) is 0 Å². The van der Waals surface area contributed by atoms with E-state index in [2.05, 4.69) is 18.7 Å². The molecule has 0 aromatic rings. The quantitative estimate of drug-likeness (QED) is 0.335. The van der Waals surface area contributed by atoms with Gasteiger partial charge in [-0.05, 0) is 12.8 Å². The summed E-state index contributed by atoms with van der Waals surface area (Å²) < 4.78 is 26.8. The minimum Gasteiger partial charge on any atom is -0.300 e. The molecule has 0 saturated carbocycles. The minimum atomic E-state index is -2.41. The second-order valence-electron chi connectivity index (χ2n) is 7.45. The van der Waals surface area contributed by atoms with Gasteiger partial charge >= 0.3 is 0 Å². The fraction of sp³-hybridized carbons (Fsp3) is 1.00. The predicted octanol–water partition coefficient (Wildman–Crippen LogP) is 6.81. The van der Waals surface area contributed by atoms with Crippen LogP contribution in [0.2, 0.25) is 0 Å². The van der Waals surface area contributed by atoms with E-state index >= 15 is 0 Å². The lowest BCUT2D eigenvalue weighted by atomic mass is 9.96. The van der Waals surface area contributed by atoms with Gasteiger partial charge in [-0.3, -0.25) is 4.90 Å². The van der Waals surface area contributed by atoms with E-state index in [-0.39, 0.29) is 12.8 Å². The maximum Gasteiger partial charge on any atom is 0.250 e. The molecule has 3 heteroatoms. The van der Waals surface area contributed by atoms with Gasteiger partial charge in [-0.2, -0.15) is 0 Å². The van der Waals surface area contributed by atoms with Crippen molar-refractivity contribution in [2.24, 2.45) is 0 Å². The summed E-state index contributed by atoms with van der Waals surface area (Å²) in [6.45, 7) is 5.68. The number of piperidine rings is 1. The van der Waals surface area contributed by atoms with Gasteiger partial charge in [-0.15, -0.1) is 0 Å². The summed E-state index contributed by atoms with van der Waals surface area (Å²) in [5.74, 6) is -2.41. The van der Waals surface area contributed by atoms with Crippen molar-refractivity contribution in [3.63, 3.8) is 0 Å². The molecular weight excluding hydrogens is 292 g/mol. The third-order valence-corrected chi connectivity index (χ3v) is 5.33. The first kappa shape index (κ1) is 20.9. The van der Waals surface area contributed by atoms with Crippen LogP contribution in [0.3, 0.4) is 0 Å². The van der Waals surface area contributed by atoms with Crippen molar-refractivity contribution in [2.75, 3.05) is 13.1 Å². The molecule has 0 spiro atoms. The molecule has 0 aliphatic carbocycles. The van der Waals surface area contributed by atoms with E-state index < -0.39 is 5.92 Å². The molecular formula is C20H39F2N. The van der Waals surface area contributed by atoms with Crippen molar-refractivity contribution in [2.45, 2.75) is 116 Å². The molecule has 1 aliphatic heterocycles. The van der Waals surface area contributed by atoms with Gasteiger partial charge in [0.1, 0.15) is 0 Å². The van der Waals surface area contributed by atoms with Crippen molar-refractivity contribution in [3.05, 3.63) is 0 Å². The maximum atomic E-state index is 13.4. The SMILES string of the molecule is CCCCCCCC(CCCCCCC)N1CCC(F)(F)CC1. The number of halogens is 2. The smallest absolute Gasteiger partial charge is 0.250 e. The van der Waals surface area contributed by atoms with Gasteiger partial charge in [0.05, 0.1) is 0 Å². The van der Waals surface area contributed by atoms with E-state index in [1.807, 2.05) is 0 Å². The molecule has 1 rings (SSSR count). The maximum absolute atomic E-state index is 13.4. The predicted molar refractivity (Wildman–Crippen MR) is 96.3 cm³/mol. The second-order valence-corrected chi connectivity index (χ2v) is 7.45. The Morgan fingerprint density at radius 3 is 1.61 bits per heavy atom. The molecule has 0 N–H and O–H groups in total. The zero-order chi connectivity index (χ0) is 17.0. The average molecular weight is 332 g/mol. The van der Waals surface area contributed by atoms with E-state index in [0.29, 0.717) is 19.1 Å². The first-order valence-corrected chi connectivity index (χ1v) is 10.2. The third kappa shape index (κ3) is 9.64. The number of nitrogens with zero attached hydrogens (tertiary/aromatic N) is 1. The van der Waals surface area contributed by atoms with Gasteiger partial charge in [-0.25, -0.2) is 8.78 Å². The minimum absolute atomic E-state index is 0.0647. The number of hydrogen-bond acceptors (Lipinski definition) is 1. The topological polar surface area (TPSA) is 3.24 Å². The van der Waals surface area contributed by atoms with Crippen LogP contribution in [-0.4, -0.2) is 30.0 Å². The number of likely N-dealkylation sites (tertiary alicyclic amines) is 1. The first-order chi connectivity index (χ1) is 11.1. The van der Waals surface area contributed by atoms with Crippen molar-refractivity contribution in [1.29, 1.82) is 0 Å². The zero-order valence-corrected chi connectivity index (χ0v) is 15.6. The van der Waals surface area contributed by atoms with E-state index in [9.17, 15) is 8.78 Å². The fourth-order valence-corrected chi connectivity index (χ4v) is 3.69. The largest absolute Gasteiger partial charge is 0.300 e. The Kier molecular flexibility index (Phi) is 11.1. The highest BCUT2D eigenvalue weighted by atomic mass is 19.3. The Hall–Kier alpha value is -0.180. The fourth-order valence-electron chi connectivity index (χ4n) is 3.69. The zero-order valence-electron chi connectivity index (χ0n) is 15.6. The summed E-state index contributed by atoms with van der Waals surface area (Å²) in [5.41, 5.74) is 0. The van der Waals surface area contributed by atoms with Crippen LogP contribution >= 0.6 is 0 Å². The van der Waals surface area contributed by atoms with E-state index in [1.165, 1.54) is 77.0 Å². The van der Waals surface area contributed by atoms with Crippen LogP contribution in [0, 0.1) is 0 Å². The Balaban J connectivity index is 2.32. The Morgan fingerprint density at radius 1 is 0.739 bits per heavy atom. The summed E-state index contributed by atoms with van der Waals surface area (Å²) in [5, 5.41) is 0. The lowest BCUT2D eigenvalue weighted by Crippen LogP contribution is -2.45. The molecule has 0 unspecified atom stereocenters. The Labute approximate surface area is 143 Å². The molecule has 0 atom stereocenters. The molecule has 0 amide bonds. The highest BCUT2D eigenvalue weighted by molar-refractivity contribution is 4.82. The van der Waals surface area contributed by atoms with Crippen LogP contribution < -0.4 is 0 Å². The Morgan fingerprint density at radius 2 is 1.17 bits per heavy atom. The van der Waals surface area contributed by atoms with Gasteiger partial charge in [0, 0.05) is 32.0 Å². The Bertz CT molecular complexity index is 257. The van der Waals surface area contributed by atoms with E-state index in [0.717, 1.165) is 0 Å². The van der Waals surface area contributed by atoms with Gasteiger partial charge in [-0.1, -0.05) is 78.1 Å². The summed E-state index contributed by atoms with van der Waals surface area (Å²) in [6, 6.07) is 0.550. The van der Waals surface area contributed by atoms with Crippen molar-refractivity contribution < 1.29 is 8.78 Å². The summed E-state index contributed by atoms with van der Waals surface area (Å²) in [4.78, 5) is 2.37. The molecule has 1 heterocycles. The average Bonchev–Trinajstić information content (AvgIpc) is 2.53. The number of alkyl halides is 2. The van der Waals surface area contributed by atoms with Crippen LogP contribution in [0.1, 0.15) is 104 Å². The van der Waals surface area contributed by atoms with Gasteiger partial charge in [0.2, 0.25) is 0 Å². The first-order valence-electron chi connectivity index (χ1n) is 10.2. The number of hydrogen-bond donors (Lipinski definition) is 0. The van der Waals surface area contributed by atoms with E-state index in [1.54, 1.807) is 0 Å². The van der Waals surface area contributed by atoms with Crippen molar-refractivity contribution in [1.82, 2.24) is 4.90 Å². The van der Waals surface area contributed by atoms with Crippen molar-refractivity contribution in [3.8, 4) is 0 Å². The lowest BCUT2D eigenvalue weighted by Gasteiger charge is -2.37. The van der Waals surface area contributed by atoms with Crippen LogP contribution in [-0.2, 0) is 0 Å². The van der Waals surface area contributed by atoms with Crippen molar-refractivity contribution >= 4 is 0 Å². The second kappa shape index (κ2) is 12.2. The molecule has 1 nitrogen and oxygen atoms in total. The summed E-state index contributed by atoms with van der Waals surface area (Å²) >= 11 is 0. The molecule has 138 valence electrons. The van der Waals surface area contributed by atoms with Crippen LogP contribution in [0.4, 0.5) is 8.78 Å². The third-order valence-electron chi connectivity index (χ3n) is 5.33. The van der Waals surface area contributed by atoms with Gasteiger partial charge in [0.25, 0.3) is 5.92 Å². The van der Waals surface area contributed by atoms with Crippen LogP contribution in [0.5, 0.6) is 0 Å². The monoisotopic (exact) mass is 331 g/mol. The lowest BCUT2D eigenvalue weighted by molar-refractivity contribution is -0.0645. The number of unbranched alkanes of at least 4 members (excludes halogenated alkanes) is 8. The summed E-state index contributed by atoms with van der Waals surface area (Å²) in [7, 11) is 0. The highest BCUT2D eigenvalue weighted by Gasteiger charge is 2.35.